The van der Waals surface area contributed by atoms with Gasteiger partial charge in [0.2, 0.25) is 0 Å². The normalized spacial score (nSPS) is 9.67. The van der Waals surface area contributed by atoms with Gasteiger partial charge in [0.1, 0.15) is 6.10 Å². The van der Waals surface area contributed by atoms with E-state index >= 15 is 0 Å². The largest absolute Gasteiger partial charge is 0.631 e. The summed E-state index contributed by atoms with van der Waals surface area (Å²) < 4.78 is 0. The first-order chi connectivity index (χ1) is 11.3. The van der Waals surface area contributed by atoms with E-state index in [2.05, 4.69) is 6.92 Å². The van der Waals surface area contributed by atoms with Gasteiger partial charge in [-0.05, 0) is 6.42 Å². The van der Waals surface area contributed by atoms with E-state index in [1.807, 2.05) is 0 Å². The summed E-state index contributed by atoms with van der Waals surface area (Å²) in [5.41, 5.74) is 0. The summed E-state index contributed by atoms with van der Waals surface area (Å²) in [7, 11) is -2.17. The summed E-state index contributed by atoms with van der Waals surface area (Å²) in [5.74, 6) is -0.659. The van der Waals surface area contributed by atoms with Crippen LogP contribution in [0.4, 0.5) is 0 Å². The number of aliphatic carboxylic acids is 1. The molecule has 0 rings (SSSR count). The molecule has 0 bridgehead atoms. The fraction of sp³-hybridized carbons (Fsp3) is 0.933. The maximum absolute atomic E-state index is 10.2. The van der Waals surface area contributed by atoms with Crippen LogP contribution >= 0.6 is 0 Å². The van der Waals surface area contributed by atoms with Crippen LogP contribution in [-0.2, 0) is 4.79 Å². The minimum absolute atomic E-state index is 0.343. The molecule has 0 fully saturated rings. The topological polar surface area (TPSA) is 159 Å². The lowest BCUT2D eigenvalue weighted by molar-refractivity contribution is -0.137. The van der Waals surface area contributed by atoms with E-state index in [0.717, 1.165) is 12.8 Å². The van der Waals surface area contributed by atoms with Gasteiger partial charge >= 0.3 is 13.3 Å². The summed E-state index contributed by atoms with van der Waals surface area (Å²) in [4.78, 5) is 10.2. The third kappa shape index (κ3) is 42.9. The Hall–Kier alpha value is -0.705. The zero-order valence-electron chi connectivity index (χ0n) is 14.7. The maximum atomic E-state index is 10.2. The number of carboxylic acid groups (broad SMARTS) is 1. The second-order valence-electron chi connectivity index (χ2n) is 5.34. The third-order valence-corrected chi connectivity index (χ3v) is 2.92. The molecule has 0 aromatic heterocycles. The molecule has 0 heterocycles. The Balaban J connectivity index is -0.000000363. The lowest BCUT2D eigenvalue weighted by Gasteiger charge is -2.00. The molecule has 0 aliphatic rings. The van der Waals surface area contributed by atoms with Crippen molar-refractivity contribution in [1.29, 1.82) is 0 Å². The van der Waals surface area contributed by atoms with Crippen molar-refractivity contribution in [2.24, 2.45) is 0 Å². The number of hydrogen-bond donors (Lipinski definition) is 7. The molecule has 0 spiro atoms. The van der Waals surface area contributed by atoms with Gasteiger partial charge in [0, 0.05) is 6.42 Å². The Labute approximate surface area is 145 Å². The molecule has 9 heteroatoms. The molecule has 146 valence electrons. The van der Waals surface area contributed by atoms with E-state index in [4.69, 9.17) is 35.5 Å². The van der Waals surface area contributed by atoms with Crippen molar-refractivity contribution in [3.05, 3.63) is 0 Å². The zero-order chi connectivity index (χ0) is 19.2. The van der Waals surface area contributed by atoms with E-state index in [-0.39, 0.29) is 13.2 Å². The number of carboxylic acids is 1. The van der Waals surface area contributed by atoms with Gasteiger partial charge in [-0.25, -0.2) is 0 Å². The van der Waals surface area contributed by atoms with Crippen molar-refractivity contribution in [2.75, 3.05) is 13.2 Å². The van der Waals surface area contributed by atoms with Gasteiger partial charge in [0.15, 0.2) is 0 Å². The van der Waals surface area contributed by atoms with Gasteiger partial charge in [-0.3, -0.25) is 4.79 Å². The molecule has 24 heavy (non-hydrogen) atoms. The molecule has 0 amide bonds. The van der Waals surface area contributed by atoms with Crippen molar-refractivity contribution in [3.8, 4) is 0 Å². The smallest absolute Gasteiger partial charge is 0.481 e. The minimum atomic E-state index is -2.17. The average molecular weight is 354 g/mol. The van der Waals surface area contributed by atoms with Gasteiger partial charge < -0.3 is 35.5 Å². The van der Waals surface area contributed by atoms with Gasteiger partial charge in [0.25, 0.3) is 0 Å². The molecule has 0 unspecified atom stereocenters. The van der Waals surface area contributed by atoms with E-state index < -0.39 is 19.4 Å². The highest BCUT2D eigenvalue weighted by atomic mass is 16.5. The number of aliphatic hydroxyl groups is 3. The van der Waals surface area contributed by atoms with Crippen molar-refractivity contribution in [1.82, 2.24) is 0 Å². The first-order valence-electron chi connectivity index (χ1n) is 8.47. The van der Waals surface area contributed by atoms with Crippen molar-refractivity contribution in [2.45, 2.75) is 77.2 Å². The molecule has 8 nitrogen and oxygen atoms in total. The van der Waals surface area contributed by atoms with Gasteiger partial charge in [-0.2, -0.15) is 0 Å². The van der Waals surface area contributed by atoms with Crippen LogP contribution in [-0.4, -0.2) is 68.1 Å². The molecule has 0 aromatic rings. The molecule has 0 aromatic carbocycles. The Bertz CT molecular complexity index is 235. The standard InChI is InChI=1S/C12H24O2.C3H8O3.BH3O3/c1-2-3-4-5-6-7-8-9-10-11-12(13)14;4-1-3(6)2-5;2-1(3)4/h2-11H2,1H3,(H,13,14);3-6H,1-2H2;2-4H. The average Bonchev–Trinajstić information content (AvgIpc) is 2.52. The number of unbranched alkanes of at least 4 members (excludes halogenated alkanes) is 8. The van der Waals surface area contributed by atoms with Crippen LogP contribution in [0.5, 0.6) is 0 Å². The van der Waals surface area contributed by atoms with E-state index in [9.17, 15) is 4.79 Å². The second-order valence-corrected chi connectivity index (χ2v) is 5.34. The van der Waals surface area contributed by atoms with Crippen molar-refractivity contribution < 1.29 is 40.3 Å². The molecule has 0 aliphatic carbocycles. The fourth-order valence-electron chi connectivity index (χ4n) is 1.64. The van der Waals surface area contributed by atoms with Crippen LogP contribution in [0.1, 0.15) is 71.1 Å². The Morgan fingerprint density at radius 2 is 1.17 bits per heavy atom. The minimum Gasteiger partial charge on any atom is -0.481 e. The van der Waals surface area contributed by atoms with E-state index in [1.54, 1.807) is 0 Å². The zero-order valence-corrected chi connectivity index (χ0v) is 14.7. The summed E-state index contributed by atoms with van der Waals surface area (Å²) in [6.07, 6.45) is 10.5. The summed E-state index contributed by atoms with van der Waals surface area (Å²) in [5, 5.41) is 53.9. The number of hydrogen-bond acceptors (Lipinski definition) is 7. The first kappa shape index (κ1) is 28.1. The van der Waals surface area contributed by atoms with E-state index in [0.29, 0.717) is 6.42 Å². The summed E-state index contributed by atoms with van der Waals surface area (Å²) in [6, 6.07) is 0. The number of aliphatic hydroxyl groups excluding tert-OH is 3. The molecule has 0 saturated carbocycles. The lowest BCUT2D eigenvalue weighted by Crippen LogP contribution is -2.15. The molecular weight excluding hydrogens is 319 g/mol. The third-order valence-electron chi connectivity index (χ3n) is 2.92. The summed E-state index contributed by atoms with van der Waals surface area (Å²) >= 11 is 0. The lowest BCUT2D eigenvalue weighted by atomic mass is 10.1. The van der Waals surface area contributed by atoms with Crippen LogP contribution in [0.25, 0.3) is 0 Å². The van der Waals surface area contributed by atoms with Gasteiger partial charge in [-0.1, -0.05) is 58.3 Å². The van der Waals surface area contributed by atoms with Crippen molar-refractivity contribution >= 4 is 13.3 Å². The highest BCUT2D eigenvalue weighted by molar-refractivity contribution is 6.30. The molecule has 0 saturated heterocycles. The van der Waals surface area contributed by atoms with Crippen LogP contribution < -0.4 is 0 Å². The second kappa shape index (κ2) is 24.5. The molecule has 0 atom stereocenters. The van der Waals surface area contributed by atoms with E-state index in [1.165, 1.54) is 44.9 Å². The fourth-order valence-corrected chi connectivity index (χ4v) is 1.64. The van der Waals surface area contributed by atoms with Crippen LogP contribution in [0.15, 0.2) is 0 Å². The van der Waals surface area contributed by atoms with Gasteiger partial charge in [-0.15, -0.1) is 0 Å². The predicted molar refractivity (Wildman–Crippen MR) is 92.1 cm³/mol. The molecule has 0 radical (unpaired) electrons. The van der Waals surface area contributed by atoms with Crippen LogP contribution in [0, 0.1) is 0 Å². The SMILES string of the molecule is CCCCCCCCCCCC(=O)O.OB(O)O.OCC(O)CO. The molecular formula is C15H35BO8. The monoisotopic (exact) mass is 354 g/mol. The molecule has 0 aliphatic heterocycles. The Morgan fingerprint density at radius 1 is 0.833 bits per heavy atom. The van der Waals surface area contributed by atoms with Gasteiger partial charge in [0.05, 0.1) is 13.2 Å². The first-order valence-corrected chi connectivity index (χ1v) is 8.47. The Kier molecular flexibility index (Phi) is 28.8. The summed E-state index contributed by atoms with van der Waals surface area (Å²) in [6.45, 7) is 1.50. The molecule has 7 N–H and O–H groups in total. The highest BCUT2D eigenvalue weighted by Crippen LogP contribution is 2.10. The predicted octanol–water partition coefficient (Wildman–Crippen LogP) is 0.272. The van der Waals surface area contributed by atoms with Crippen LogP contribution in [0.3, 0.4) is 0 Å². The van der Waals surface area contributed by atoms with Crippen molar-refractivity contribution in [3.63, 3.8) is 0 Å². The number of carbonyl (C=O) groups is 1. The highest BCUT2D eigenvalue weighted by Gasteiger charge is 1.96. The maximum Gasteiger partial charge on any atom is 0.631 e. The number of rotatable bonds is 12. The Morgan fingerprint density at radius 3 is 1.42 bits per heavy atom. The van der Waals surface area contributed by atoms with Crippen LogP contribution in [0.2, 0.25) is 0 Å². The quantitative estimate of drug-likeness (QED) is 0.194.